The first kappa shape index (κ1) is 22.5. The summed E-state index contributed by atoms with van der Waals surface area (Å²) < 4.78 is 48.6. The monoisotopic (exact) mass is 468 g/mol. The molecule has 4 nitrogen and oxygen atoms in total. The lowest BCUT2D eigenvalue weighted by Crippen LogP contribution is -2.03. The van der Waals surface area contributed by atoms with Crippen molar-refractivity contribution < 1.29 is 22.4 Å². The van der Waals surface area contributed by atoms with E-state index < -0.39 is 11.7 Å². The van der Waals surface area contributed by atoms with Crippen molar-refractivity contribution in [1.82, 2.24) is 10.1 Å². The van der Waals surface area contributed by atoms with Crippen molar-refractivity contribution in [3.8, 4) is 16.9 Å². The van der Waals surface area contributed by atoms with Gasteiger partial charge in [-0.3, -0.25) is 4.98 Å². The molecule has 0 spiro atoms. The summed E-state index contributed by atoms with van der Waals surface area (Å²) in [5.74, 6) is 1.35. The molecule has 0 fully saturated rings. The summed E-state index contributed by atoms with van der Waals surface area (Å²) in [5.41, 5.74) is 3.08. The van der Waals surface area contributed by atoms with Crippen LogP contribution >= 0.6 is 12.2 Å². The minimum absolute atomic E-state index is 0.248. The second-order valence-corrected chi connectivity index (χ2v) is 7.65. The molecular formula is C25H19F3N2O2S. The number of aromatic nitrogens is 2. The predicted molar refractivity (Wildman–Crippen MR) is 122 cm³/mol. The second-order valence-electron chi connectivity index (χ2n) is 7.28. The molecule has 0 amide bonds. The first-order valence-corrected chi connectivity index (χ1v) is 10.5. The van der Waals surface area contributed by atoms with Gasteiger partial charge in [0.1, 0.15) is 12.4 Å². The SMILES string of the molecule is FC(F)(F)c1ccc(/C=C/COc2cccc(-c3cccc(Cc4noc(=S)[nH]4)c3)c2)cc1. The van der Waals surface area contributed by atoms with E-state index >= 15 is 0 Å². The van der Waals surface area contributed by atoms with Crippen molar-refractivity contribution in [3.63, 3.8) is 0 Å². The maximum absolute atomic E-state index is 12.6. The summed E-state index contributed by atoms with van der Waals surface area (Å²) in [6, 6.07) is 20.7. The Morgan fingerprint density at radius 3 is 2.39 bits per heavy atom. The Hall–Kier alpha value is -3.65. The number of ether oxygens (including phenoxy) is 1. The van der Waals surface area contributed by atoms with Gasteiger partial charge in [-0.15, -0.1) is 0 Å². The molecule has 168 valence electrons. The van der Waals surface area contributed by atoms with Gasteiger partial charge < -0.3 is 9.26 Å². The van der Waals surface area contributed by atoms with Crippen LogP contribution in [0.15, 0.2) is 83.4 Å². The van der Waals surface area contributed by atoms with Crippen molar-refractivity contribution in [3.05, 3.63) is 106 Å². The zero-order chi connectivity index (χ0) is 23.3. The third-order valence-electron chi connectivity index (χ3n) is 4.85. The quantitative estimate of drug-likeness (QED) is 0.294. The maximum Gasteiger partial charge on any atom is 0.416 e. The molecule has 8 heteroatoms. The molecule has 4 aromatic rings. The van der Waals surface area contributed by atoms with Gasteiger partial charge in [-0.1, -0.05) is 59.8 Å². The molecule has 0 saturated heterocycles. The molecule has 3 aromatic carbocycles. The van der Waals surface area contributed by atoms with Crippen LogP contribution in [-0.4, -0.2) is 16.7 Å². The minimum atomic E-state index is -4.33. The van der Waals surface area contributed by atoms with Gasteiger partial charge in [-0.05, 0) is 64.8 Å². The first-order chi connectivity index (χ1) is 15.9. The molecule has 0 atom stereocenters. The Morgan fingerprint density at radius 1 is 0.970 bits per heavy atom. The molecule has 0 bridgehead atoms. The molecule has 0 aliphatic rings. The van der Waals surface area contributed by atoms with Crippen LogP contribution in [-0.2, 0) is 12.6 Å². The van der Waals surface area contributed by atoms with E-state index in [1.54, 1.807) is 12.2 Å². The molecule has 1 N–H and O–H groups in total. The summed E-state index contributed by atoms with van der Waals surface area (Å²) in [7, 11) is 0. The van der Waals surface area contributed by atoms with Crippen LogP contribution < -0.4 is 4.74 Å². The molecule has 0 aliphatic carbocycles. The Labute approximate surface area is 193 Å². The Kier molecular flexibility index (Phi) is 6.74. The summed E-state index contributed by atoms with van der Waals surface area (Å²) >= 11 is 4.91. The van der Waals surface area contributed by atoms with Gasteiger partial charge in [0.15, 0.2) is 5.82 Å². The molecule has 0 radical (unpaired) electrons. The fraction of sp³-hybridized carbons (Fsp3) is 0.120. The van der Waals surface area contributed by atoms with Gasteiger partial charge in [0.2, 0.25) is 0 Å². The number of nitrogens with one attached hydrogen (secondary N) is 1. The number of aromatic amines is 1. The number of H-pyrrole nitrogens is 1. The number of benzene rings is 3. The molecule has 0 saturated carbocycles. The highest BCUT2D eigenvalue weighted by molar-refractivity contribution is 7.71. The second kappa shape index (κ2) is 9.87. The fourth-order valence-corrected chi connectivity index (χ4v) is 3.42. The van der Waals surface area contributed by atoms with Crippen LogP contribution in [0.2, 0.25) is 0 Å². The third-order valence-corrected chi connectivity index (χ3v) is 5.02. The van der Waals surface area contributed by atoms with E-state index in [0.717, 1.165) is 28.8 Å². The zero-order valence-corrected chi connectivity index (χ0v) is 18.1. The normalized spacial score (nSPS) is 11.7. The van der Waals surface area contributed by atoms with Crippen LogP contribution in [0.4, 0.5) is 13.2 Å². The van der Waals surface area contributed by atoms with E-state index in [9.17, 15) is 13.2 Å². The molecule has 0 unspecified atom stereocenters. The molecule has 1 heterocycles. The topological polar surface area (TPSA) is 51.1 Å². The van der Waals surface area contributed by atoms with Crippen LogP contribution in [0.3, 0.4) is 0 Å². The van der Waals surface area contributed by atoms with Crippen molar-refractivity contribution in [2.45, 2.75) is 12.6 Å². The van der Waals surface area contributed by atoms with E-state index in [4.69, 9.17) is 21.5 Å². The van der Waals surface area contributed by atoms with Gasteiger partial charge in [0.25, 0.3) is 4.84 Å². The average Bonchev–Trinajstić information content (AvgIpc) is 3.21. The number of rotatable bonds is 7. The number of hydrogen-bond acceptors (Lipinski definition) is 4. The zero-order valence-electron chi connectivity index (χ0n) is 17.3. The molecule has 4 rings (SSSR count). The van der Waals surface area contributed by atoms with E-state index in [1.807, 2.05) is 42.5 Å². The molecule has 1 aromatic heterocycles. The van der Waals surface area contributed by atoms with E-state index in [1.165, 1.54) is 12.1 Å². The highest BCUT2D eigenvalue weighted by atomic mass is 32.1. The number of nitrogens with zero attached hydrogens (tertiary/aromatic N) is 1. The lowest BCUT2D eigenvalue weighted by Gasteiger charge is -2.08. The van der Waals surface area contributed by atoms with Crippen LogP contribution in [0.1, 0.15) is 22.5 Å². The fourth-order valence-electron chi connectivity index (χ4n) is 3.27. The van der Waals surface area contributed by atoms with Gasteiger partial charge in [0.05, 0.1) is 5.56 Å². The van der Waals surface area contributed by atoms with E-state index in [-0.39, 0.29) is 11.4 Å². The van der Waals surface area contributed by atoms with Crippen molar-refractivity contribution in [2.24, 2.45) is 0 Å². The molecule has 0 aliphatic heterocycles. The Balaban J connectivity index is 1.38. The highest BCUT2D eigenvalue weighted by Crippen LogP contribution is 2.29. The van der Waals surface area contributed by atoms with E-state index in [2.05, 4.69) is 16.2 Å². The summed E-state index contributed by atoms with van der Waals surface area (Å²) in [6.07, 6.45) is -0.279. The number of alkyl halides is 3. The van der Waals surface area contributed by atoms with Gasteiger partial charge in [0, 0.05) is 6.42 Å². The summed E-state index contributed by atoms with van der Waals surface area (Å²) in [5, 5.41) is 3.90. The first-order valence-electron chi connectivity index (χ1n) is 10.1. The maximum atomic E-state index is 12.6. The number of hydrogen-bond donors (Lipinski definition) is 1. The van der Waals surface area contributed by atoms with Crippen LogP contribution in [0.25, 0.3) is 17.2 Å². The number of halogens is 3. The van der Waals surface area contributed by atoms with Crippen molar-refractivity contribution in [1.29, 1.82) is 0 Å². The Morgan fingerprint density at radius 2 is 1.70 bits per heavy atom. The van der Waals surface area contributed by atoms with Gasteiger partial charge >= 0.3 is 6.18 Å². The lowest BCUT2D eigenvalue weighted by molar-refractivity contribution is -0.137. The third kappa shape index (κ3) is 6.20. The van der Waals surface area contributed by atoms with Gasteiger partial charge in [-0.25, -0.2) is 0 Å². The molecular weight excluding hydrogens is 449 g/mol. The van der Waals surface area contributed by atoms with Crippen molar-refractivity contribution >= 4 is 18.3 Å². The largest absolute Gasteiger partial charge is 0.490 e. The van der Waals surface area contributed by atoms with Crippen LogP contribution in [0, 0.1) is 4.84 Å². The summed E-state index contributed by atoms with van der Waals surface area (Å²) in [4.78, 5) is 3.15. The lowest BCUT2D eigenvalue weighted by atomic mass is 10.0. The van der Waals surface area contributed by atoms with E-state index in [0.29, 0.717) is 23.6 Å². The highest BCUT2D eigenvalue weighted by Gasteiger charge is 2.29. The molecule has 33 heavy (non-hydrogen) atoms. The van der Waals surface area contributed by atoms with Crippen molar-refractivity contribution in [2.75, 3.05) is 6.61 Å². The smallest absolute Gasteiger partial charge is 0.416 e. The average molecular weight is 469 g/mol. The van der Waals surface area contributed by atoms with Crippen LogP contribution in [0.5, 0.6) is 5.75 Å². The minimum Gasteiger partial charge on any atom is -0.490 e. The predicted octanol–water partition coefficient (Wildman–Crippen LogP) is 7.10. The standard InChI is InChI=1S/C25H19F3N2O2S/c26-25(27,28)21-11-9-17(10-12-21)5-3-13-31-22-8-2-7-20(16-22)19-6-1-4-18(14-19)15-23-29-24(33)32-30-23/h1-12,14,16H,13,15H2,(H,29,30,33)/b5-3+. The van der Waals surface area contributed by atoms with Gasteiger partial charge in [-0.2, -0.15) is 13.2 Å². The summed E-state index contributed by atoms with van der Waals surface area (Å²) in [6.45, 7) is 0.288. The Bertz CT molecular complexity index is 1310.